The van der Waals surface area contributed by atoms with Gasteiger partial charge in [0.15, 0.2) is 38.0 Å². The molecule has 0 atom stereocenters. The van der Waals surface area contributed by atoms with Crippen LogP contribution >= 0.6 is 23.8 Å². The number of benzene rings is 5. The molecule has 0 aromatic heterocycles. The SMILES string of the molecule is COOSc1c(F)c(F)c(Sc2c(C(C)C)cc(C(C)C)cc2C(C)C)c(F)c1F.c1ccc([S+](c2ccccc2)c2ccccc2)cc1. The predicted molar refractivity (Wildman–Crippen MR) is 195 cm³/mol. The molecule has 0 bridgehead atoms. The quantitative estimate of drug-likeness (QED) is 0.0337. The van der Waals surface area contributed by atoms with Crippen LogP contribution in [-0.2, 0) is 20.1 Å². The van der Waals surface area contributed by atoms with Crippen molar-refractivity contribution in [2.75, 3.05) is 7.11 Å². The van der Waals surface area contributed by atoms with Gasteiger partial charge in [0.1, 0.15) is 4.90 Å². The molecule has 5 aromatic carbocycles. The molecule has 0 spiro atoms. The minimum absolute atomic E-state index is 0.0146. The van der Waals surface area contributed by atoms with Crippen LogP contribution < -0.4 is 0 Å². The molecule has 9 heteroatoms. The first kappa shape index (κ1) is 38.6. The summed E-state index contributed by atoms with van der Waals surface area (Å²) in [4.78, 5) is 7.31. The van der Waals surface area contributed by atoms with Crippen molar-refractivity contribution in [1.82, 2.24) is 0 Å². The fraction of sp³-hybridized carbons (Fsp3) is 0.250. The lowest BCUT2D eigenvalue weighted by atomic mass is 9.89. The van der Waals surface area contributed by atoms with Crippen LogP contribution in [-0.4, -0.2) is 7.11 Å². The highest BCUT2D eigenvalue weighted by molar-refractivity contribution is 7.99. The molecule has 49 heavy (non-hydrogen) atoms. The number of hydrogen-bond donors (Lipinski definition) is 0. The summed E-state index contributed by atoms with van der Waals surface area (Å²) in [5, 5.41) is 0. The third kappa shape index (κ3) is 9.52. The fourth-order valence-electron chi connectivity index (χ4n) is 5.01. The Kier molecular flexibility index (Phi) is 14.3. The van der Waals surface area contributed by atoms with E-state index in [-0.39, 0.29) is 40.7 Å². The second-order valence-electron chi connectivity index (χ2n) is 12.1. The molecule has 0 aliphatic carbocycles. The van der Waals surface area contributed by atoms with Crippen molar-refractivity contribution in [2.45, 2.75) is 88.7 Å². The van der Waals surface area contributed by atoms with Crippen LogP contribution in [0.5, 0.6) is 0 Å². The molecule has 0 saturated heterocycles. The van der Waals surface area contributed by atoms with E-state index in [0.29, 0.717) is 4.90 Å². The van der Waals surface area contributed by atoms with Gasteiger partial charge < -0.3 is 0 Å². The second-order valence-corrected chi connectivity index (χ2v) is 15.8. The van der Waals surface area contributed by atoms with Crippen LogP contribution in [0, 0.1) is 23.3 Å². The Labute approximate surface area is 299 Å². The first-order valence-electron chi connectivity index (χ1n) is 15.9. The number of rotatable bonds is 11. The highest BCUT2D eigenvalue weighted by Gasteiger charge is 2.30. The van der Waals surface area contributed by atoms with E-state index in [1.807, 2.05) is 39.8 Å². The van der Waals surface area contributed by atoms with Gasteiger partial charge in [-0.3, -0.25) is 0 Å². The molecule has 0 unspecified atom stereocenters. The lowest BCUT2D eigenvalue weighted by Gasteiger charge is -2.23. The average molecular weight is 726 g/mol. The molecular weight excluding hydrogens is 685 g/mol. The van der Waals surface area contributed by atoms with Crippen molar-refractivity contribution in [1.29, 1.82) is 0 Å². The minimum Gasteiger partial charge on any atom is -0.227 e. The van der Waals surface area contributed by atoms with Crippen molar-refractivity contribution in [3.8, 4) is 0 Å². The Morgan fingerprint density at radius 1 is 0.510 bits per heavy atom. The largest absolute Gasteiger partial charge is 0.227 e. The predicted octanol–water partition coefficient (Wildman–Crippen LogP) is 13.1. The zero-order chi connectivity index (χ0) is 35.7. The second kappa shape index (κ2) is 18.2. The summed E-state index contributed by atoms with van der Waals surface area (Å²) in [7, 11) is 1.10. The maximum atomic E-state index is 14.8. The van der Waals surface area contributed by atoms with Gasteiger partial charge in [0.05, 0.1) is 34.9 Å². The van der Waals surface area contributed by atoms with Crippen molar-refractivity contribution < 1.29 is 26.8 Å². The van der Waals surface area contributed by atoms with Gasteiger partial charge in [-0.2, -0.15) is 4.33 Å². The minimum atomic E-state index is -1.52. The molecule has 5 aromatic rings. The molecule has 5 rings (SSSR count). The van der Waals surface area contributed by atoms with Crippen LogP contribution in [0.2, 0.25) is 0 Å². The van der Waals surface area contributed by atoms with Crippen LogP contribution in [0.3, 0.4) is 0 Å². The Bertz CT molecular complexity index is 1650. The van der Waals surface area contributed by atoms with Crippen molar-refractivity contribution >= 4 is 34.7 Å². The number of halogens is 4. The standard InChI is InChI=1S/C22H26F4O2S2.C18H15S/c1-10(2)13-8-14(11(3)4)20(15(9-13)12(5)6)29-21-16(23)18(25)22(30-28-27-7)19(26)17(21)24;1-4-10-16(11-5-1)19(17-12-6-2-7-13-17)18-14-8-3-9-15-18/h8-12H,1-7H3;1-15H/q;+1. The normalized spacial score (nSPS) is 11.4. The summed E-state index contributed by atoms with van der Waals surface area (Å²) in [5.41, 5.74) is 2.87. The molecule has 2 nitrogen and oxygen atoms in total. The Morgan fingerprint density at radius 3 is 1.20 bits per heavy atom. The third-order valence-corrected chi connectivity index (χ3v) is 11.8. The molecule has 0 heterocycles. The van der Waals surface area contributed by atoms with Crippen LogP contribution in [0.4, 0.5) is 17.6 Å². The van der Waals surface area contributed by atoms with Gasteiger partial charge in [0, 0.05) is 4.90 Å². The molecule has 0 fully saturated rings. The van der Waals surface area contributed by atoms with Crippen LogP contribution in [0.25, 0.3) is 0 Å². The van der Waals surface area contributed by atoms with E-state index < -0.39 is 33.1 Å². The zero-order valence-corrected chi connectivity index (χ0v) is 31.0. The third-order valence-electron chi connectivity index (χ3n) is 7.59. The van der Waals surface area contributed by atoms with E-state index >= 15 is 0 Å². The van der Waals surface area contributed by atoms with Gasteiger partial charge in [-0.05, 0) is 70.8 Å². The Morgan fingerprint density at radius 2 is 0.878 bits per heavy atom. The fourth-order valence-corrected chi connectivity index (χ4v) is 8.96. The molecule has 0 amide bonds. The molecule has 0 saturated carbocycles. The van der Waals surface area contributed by atoms with Crippen LogP contribution in [0.1, 0.15) is 76.0 Å². The smallest absolute Gasteiger partial charge is 0.179 e. The molecular formula is C40H41F4O2S3+. The monoisotopic (exact) mass is 725 g/mol. The highest BCUT2D eigenvalue weighted by atomic mass is 32.2. The van der Waals surface area contributed by atoms with Gasteiger partial charge in [-0.25, -0.2) is 22.4 Å². The summed E-state index contributed by atoms with van der Waals surface area (Å²) in [5.74, 6) is -5.59. The molecule has 0 N–H and O–H groups in total. The first-order chi connectivity index (χ1) is 23.5. The van der Waals surface area contributed by atoms with E-state index in [9.17, 15) is 17.6 Å². The molecule has 258 valence electrons. The maximum Gasteiger partial charge on any atom is 0.179 e. The van der Waals surface area contributed by atoms with E-state index in [0.717, 1.165) is 35.6 Å². The van der Waals surface area contributed by atoms with Gasteiger partial charge in [0.25, 0.3) is 0 Å². The van der Waals surface area contributed by atoms with Gasteiger partial charge >= 0.3 is 0 Å². The first-order valence-corrected chi connectivity index (χ1v) is 18.7. The average Bonchev–Trinajstić information content (AvgIpc) is 3.10. The number of hydrogen-bond acceptors (Lipinski definition) is 4. The van der Waals surface area contributed by atoms with E-state index in [1.54, 1.807) is 0 Å². The molecule has 0 aliphatic heterocycles. The maximum absolute atomic E-state index is 14.8. The lowest BCUT2D eigenvalue weighted by molar-refractivity contribution is -0.160. The topological polar surface area (TPSA) is 18.5 Å². The Hall–Kier alpha value is -3.21. The summed E-state index contributed by atoms with van der Waals surface area (Å²) >= 11 is 0.797. The van der Waals surface area contributed by atoms with Crippen molar-refractivity contribution in [2.24, 2.45) is 0 Å². The summed E-state index contributed by atoms with van der Waals surface area (Å²) in [6, 6.07) is 36.2. The summed E-state index contributed by atoms with van der Waals surface area (Å²) in [6.45, 7) is 12.0. The summed E-state index contributed by atoms with van der Waals surface area (Å²) in [6.07, 6.45) is 0. The van der Waals surface area contributed by atoms with Crippen molar-refractivity contribution in [3.05, 3.63) is 143 Å². The van der Waals surface area contributed by atoms with Crippen LogP contribution in [0.15, 0.2) is 133 Å². The zero-order valence-electron chi connectivity index (χ0n) is 28.6. The molecule has 0 radical (unpaired) electrons. The Balaban J connectivity index is 0.000000242. The summed E-state index contributed by atoms with van der Waals surface area (Å²) < 4.78 is 62.9. The van der Waals surface area contributed by atoms with Gasteiger partial charge in [-0.15, -0.1) is 0 Å². The van der Waals surface area contributed by atoms with E-state index in [4.69, 9.17) is 0 Å². The van der Waals surface area contributed by atoms with Gasteiger partial charge in [-0.1, -0.05) is 120 Å². The van der Waals surface area contributed by atoms with E-state index in [2.05, 4.69) is 114 Å². The van der Waals surface area contributed by atoms with Gasteiger partial charge in [0.2, 0.25) is 0 Å². The highest BCUT2D eigenvalue weighted by Crippen LogP contribution is 2.45. The van der Waals surface area contributed by atoms with Crippen molar-refractivity contribution in [3.63, 3.8) is 0 Å². The lowest BCUT2D eigenvalue weighted by Crippen LogP contribution is -2.05. The van der Waals surface area contributed by atoms with E-state index in [1.165, 1.54) is 14.7 Å². The molecule has 0 aliphatic rings.